The summed E-state index contributed by atoms with van der Waals surface area (Å²) in [5.74, 6) is -0.127. The van der Waals surface area contributed by atoms with Crippen molar-refractivity contribution in [3.8, 4) is 0 Å². The van der Waals surface area contributed by atoms with Gasteiger partial charge in [0.2, 0.25) is 5.91 Å². The second kappa shape index (κ2) is 12.8. The number of likely N-dealkylation sites (tertiary alicyclic amines) is 1. The molecule has 4 aromatic rings. The molecule has 1 saturated heterocycles. The highest BCUT2D eigenvalue weighted by Crippen LogP contribution is 2.32. The van der Waals surface area contributed by atoms with E-state index in [1.54, 1.807) is 20.9 Å². The summed E-state index contributed by atoms with van der Waals surface area (Å²) in [6.07, 6.45) is 1.78. The molecule has 12 heteroatoms. The molecule has 0 aliphatic carbocycles. The van der Waals surface area contributed by atoms with Crippen molar-refractivity contribution < 1.29 is 14.3 Å². The van der Waals surface area contributed by atoms with Gasteiger partial charge >= 0.3 is 6.09 Å². The van der Waals surface area contributed by atoms with Crippen molar-refractivity contribution in [3.63, 3.8) is 0 Å². The zero-order valence-electron chi connectivity index (χ0n) is 26.4. The van der Waals surface area contributed by atoms with Gasteiger partial charge in [0.1, 0.15) is 17.3 Å². The topological polar surface area (TPSA) is 98.4 Å². The van der Waals surface area contributed by atoms with Gasteiger partial charge in [0.05, 0.1) is 31.0 Å². The number of hydrogen-bond donors (Lipinski definition) is 0. The van der Waals surface area contributed by atoms with Crippen LogP contribution in [0.1, 0.15) is 71.9 Å². The van der Waals surface area contributed by atoms with E-state index < -0.39 is 17.7 Å². The Morgan fingerprint density at radius 2 is 1.91 bits per heavy atom. The monoisotopic (exact) mass is 681 g/mol. The summed E-state index contributed by atoms with van der Waals surface area (Å²) in [4.78, 5) is 32.4. The van der Waals surface area contributed by atoms with Gasteiger partial charge in [-0.05, 0) is 82.7 Å². The lowest BCUT2D eigenvalue weighted by atomic mass is 10.1. The van der Waals surface area contributed by atoms with Crippen LogP contribution in [0.3, 0.4) is 0 Å². The lowest BCUT2D eigenvalue weighted by Crippen LogP contribution is -2.48. The molecule has 2 amide bonds. The van der Waals surface area contributed by atoms with Gasteiger partial charge in [-0.15, -0.1) is 16.4 Å². The zero-order valence-corrected chi connectivity index (χ0v) is 28.8. The fraction of sp³-hybridized carbons (Fsp3) is 0.469. The van der Waals surface area contributed by atoms with Gasteiger partial charge in [-0.1, -0.05) is 39.3 Å². The molecule has 1 aliphatic heterocycles. The average Bonchev–Trinajstić information content (AvgIpc) is 3.75. The molecular formula is C32H40BrN7O3S. The maximum Gasteiger partial charge on any atom is 0.411 e. The summed E-state index contributed by atoms with van der Waals surface area (Å²) in [7, 11) is 0. The Morgan fingerprint density at radius 1 is 1.14 bits per heavy atom. The number of ether oxygens (including phenoxy) is 1. The number of amides is 2. The molecule has 0 N–H and O–H groups in total. The summed E-state index contributed by atoms with van der Waals surface area (Å²) in [6.45, 7) is 15.2. The van der Waals surface area contributed by atoms with Crippen LogP contribution in [0, 0.1) is 27.7 Å². The fourth-order valence-corrected chi connectivity index (χ4v) is 6.76. The van der Waals surface area contributed by atoms with E-state index in [4.69, 9.17) is 4.74 Å². The van der Waals surface area contributed by atoms with Crippen molar-refractivity contribution in [2.45, 2.75) is 92.2 Å². The first-order valence-electron chi connectivity index (χ1n) is 14.8. The molecule has 1 aromatic carbocycles. The number of rotatable bonds is 8. The molecular weight excluding hydrogens is 642 g/mol. The highest BCUT2D eigenvalue weighted by molar-refractivity contribution is 9.10. The molecule has 1 fully saturated rings. The van der Waals surface area contributed by atoms with Gasteiger partial charge < -0.3 is 9.64 Å². The van der Waals surface area contributed by atoms with E-state index in [9.17, 15) is 9.59 Å². The molecule has 234 valence electrons. The van der Waals surface area contributed by atoms with Crippen LogP contribution >= 0.6 is 27.3 Å². The number of aromatic nitrogens is 5. The van der Waals surface area contributed by atoms with E-state index in [1.807, 2.05) is 87.0 Å². The van der Waals surface area contributed by atoms with Crippen LogP contribution in [0.5, 0.6) is 0 Å². The third kappa shape index (κ3) is 7.23. The first-order valence-corrected chi connectivity index (χ1v) is 16.4. The van der Waals surface area contributed by atoms with E-state index in [0.717, 1.165) is 43.1 Å². The van der Waals surface area contributed by atoms with Crippen molar-refractivity contribution in [2.75, 3.05) is 6.54 Å². The molecule has 5 rings (SSSR count). The Bertz CT molecular complexity index is 1640. The molecule has 0 bridgehead atoms. The summed E-state index contributed by atoms with van der Waals surface area (Å²) >= 11 is 5.29. The minimum Gasteiger partial charge on any atom is -0.444 e. The summed E-state index contributed by atoms with van der Waals surface area (Å²) in [6, 6.07) is 9.19. The molecule has 10 nitrogen and oxygen atoms in total. The fourth-order valence-electron chi connectivity index (χ4n) is 5.42. The molecule has 4 heterocycles. The number of hydrogen-bond acceptors (Lipinski definition) is 7. The minimum absolute atomic E-state index is 0.127. The van der Waals surface area contributed by atoms with Crippen LogP contribution in [0.4, 0.5) is 4.79 Å². The lowest BCUT2D eigenvalue weighted by Gasteiger charge is -2.31. The maximum absolute atomic E-state index is 14.4. The number of thiophene rings is 1. The number of carbonyl (C=O) groups excluding carboxylic acids is 2. The van der Waals surface area contributed by atoms with Gasteiger partial charge in [-0.25, -0.2) is 9.48 Å². The molecule has 1 unspecified atom stereocenters. The van der Waals surface area contributed by atoms with Gasteiger partial charge in [-0.2, -0.15) is 5.10 Å². The first-order chi connectivity index (χ1) is 20.8. The second-order valence-electron chi connectivity index (χ2n) is 12.5. The van der Waals surface area contributed by atoms with Crippen LogP contribution in [0.2, 0.25) is 0 Å². The van der Waals surface area contributed by atoms with Crippen molar-refractivity contribution in [1.29, 1.82) is 0 Å². The standard InChI is InChI=1S/C32H40BrN7O3S/c1-20-10-11-24(28(33)13-20)15-37(19-27-9-8-12-44-27)30(41)29-14-26(18-38(29)31(42)43-32(5,6)7)40-17-25(34-36-40)16-39-23(4)21(2)22(3)35-39/h8-13,17,26,29H,14-16,18-19H2,1-7H3/t26?,29-/m0/s1. The summed E-state index contributed by atoms with van der Waals surface area (Å²) in [5.41, 5.74) is 5.43. The van der Waals surface area contributed by atoms with Crippen LogP contribution < -0.4 is 0 Å². The zero-order chi connectivity index (χ0) is 31.8. The highest BCUT2D eigenvalue weighted by Gasteiger charge is 2.44. The van der Waals surface area contributed by atoms with Crippen LogP contribution in [0.25, 0.3) is 0 Å². The van der Waals surface area contributed by atoms with Gasteiger partial charge in [0.25, 0.3) is 0 Å². The van der Waals surface area contributed by atoms with E-state index in [2.05, 4.69) is 44.3 Å². The normalized spacial score (nSPS) is 16.9. The Kier molecular flexibility index (Phi) is 9.31. The van der Waals surface area contributed by atoms with E-state index in [0.29, 0.717) is 26.1 Å². The smallest absolute Gasteiger partial charge is 0.411 e. The molecule has 0 saturated carbocycles. The van der Waals surface area contributed by atoms with Gasteiger partial charge in [0, 0.05) is 34.6 Å². The SMILES string of the molecule is Cc1ccc(CN(Cc2cccs2)C(=O)[C@@H]2CC(n3cc(Cn4nc(C)c(C)c4C)nn3)CN2C(=O)OC(C)(C)C)c(Br)c1. The molecule has 44 heavy (non-hydrogen) atoms. The second-order valence-corrected chi connectivity index (χ2v) is 14.4. The van der Waals surface area contributed by atoms with Crippen molar-refractivity contribution in [3.05, 3.63) is 85.0 Å². The third-order valence-corrected chi connectivity index (χ3v) is 9.59. The Hall–Kier alpha value is -3.51. The van der Waals surface area contributed by atoms with Crippen molar-refractivity contribution in [1.82, 2.24) is 34.6 Å². The first kappa shape index (κ1) is 31.9. The number of aryl methyl sites for hydroxylation is 2. The minimum atomic E-state index is -0.717. The number of halogens is 1. The van der Waals surface area contributed by atoms with Crippen LogP contribution in [0.15, 0.2) is 46.4 Å². The molecule has 0 radical (unpaired) electrons. The maximum atomic E-state index is 14.4. The predicted molar refractivity (Wildman–Crippen MR) is 173 cm³/mol. The largest absolute Gasteiger partial charge is 0.444 e. The predicted octanol–water partition coefficient (Wildman–Crippen LogP) is 6.36. The summed E-state index contributed by atoms with van der Waals surface area (Å²) < 4.78 is 10.4. The van der Waals surface area contributed by atoms with E-state index in [1.165, 1.54) is 0 Å². The van der Waals surface area contributed by atoms with E-state index in [-0.39, 0.29) is 18.5 Å². The molecule has 3 aromatic heterocycles. The number of nitrogens with zero attached hydrogens (tertiary/aromatic N) is 7. The summed E-state index contributed by atoms with van der Waals surface area (Å²) in [5, 5.41) is 15.5. The Labute approximate surface area is 271 Å². The Balaban J connectivity index is 1.42. The van der Waals surface area contributed by atoms with Crippen molar-refractivity contribution >= 4 is 39.3 Å². The quantitative estimate of drug-likeness (QED) is 0.215. The number of carbonyl (C=O) groups is 2. The molecule has 2 atom stereocenters. The molecule has 1 aliphatic rings. The average molecular weight is 683 g/mol. The lowest BCUT2D eigenvalue weighted by molar-refractivity contribution is -0.137. The molecule has 0 spiro atoms. The third-order valence-electron chi connectivity index (χ3n) is 7.99. The van der Waals surface area contributed by atoms with Crippen LogP contribution in [-0.4, -0.2) is 64.8 Å². The number of benzene rings is 1. The highest BCUT2D eigenvalue weighted by atomic mass is 79.9. The van der Waals surface area contributed by atoms with E-state index >= 15 is 0 Å². The van der Waals surface area contributed by atoms with Gasteiger partial charge in [0.15, 0.2) is 0 Å². The Morgan fingerprint density at radius 3 is 2.55 bits per heavy atom. The van der Waals surface area contributed by atoms with Gasteiger partial charge in [-0.3, -0.25) is 14.4 Å². The van der Waals surface area contributed by atoms with Crippen LogP contribution in [-0.2, 0) is 29.2 Å². The van der Waals surface area contributed by atoms with Crippen molar-refractivity contribution in [2.24, 2.45) is 0 Å².